The molecule has 0 unspecified atom stereocenters. The third-order valence-corrected chi connectivity index (χ3v) is 6.93. The molecule has 7 nitrogen and oxygen atoms in total. The van der Waals surface area contributed by atoms with E-state index in [0.717, 1.165) is 11.1 Å². The molecule has 208 valence electrons. The second kappa shape index (κ2) is 12.0. The van der Waals surface area contributed by atoms with Crippen molar-refractivity contribution in [3.05, 3.63) is 118 Å². The zero-order valence-corrected chi connectivity index (χ0v) is 23.5. The van der Waals surface area contributed by atoms with E-state index in [9.17, 15) is 19.2 Å². The molecular weight excluding hydrogens is 520 g/mol. The van der Waals surface area contributed by atoms with Gasteiger partial charge in [0.15, 0.2) is 17.9 Å². The van der Waals surface area contributed by atoms with Gasteiger partial charge in [-0.25, -0.2) is 4.79 Å². The highest BCUT2D eigenvalue weighted by molar-refractivity contribution is 6.07. The summed E-state index contributed by atoms with van der Waals surface area (Å²) in [6.45, 7) is 7.08. The van der Waals surface area contributed by atoms with Crippen LogP contribution in [0.1, 0.15) is 80.3 Å². The number of hydrogen-bond acceptors (Lipinski definition) is 7. The molecule has 0 aliphatic heterocycles. The van der Waals surface area contributed by atoms with Crippen molar-refractivity contribution < 1.29 is 33.4 Å². The molecule has 0 spiro atoms. The van der Waals surface area contributed by atoms with Gasteiger partial charge in [-0.3, -0.25) is 14.4 Å². The van der Waals surface area contributed by atoms with Crippen molar-refractivity contribution >= 4 is 23.8 Å². The first-order valence-corrected chi connectivity index (χ1v) is 12.9. The van der Waals surface area contributed by atoms with Crippen LogP contribution in [0.15, 0.2) is 84.9 Å². The number of benzene rings is 4. The lowest BCUT2D eigenvalue weighted by Gasteiger charge is -2.26. The molecule has 0 radical (unpaired) electrons. The fourth-order valence-electron chi connectivity index (χ4n) is 4.50. The summed E-state index contributed by atoms with van der Waals surface area (Å²) in [6.07, 6.45) is 0.592. The van der Waals surface area contributed by atoms with E-state index < -0.39 is 5.97 Å². The van der Waals surface area contributed by atoms with E-state index in [2.05, 4.69) is 13.8 Å². The molecule has 0 saturated carbocycles. The molecule has 41 heavy (non-hydrogen) atoms. The average Bonchev–Trinajstić information content (AvgIpc) is 2.97. The smallest absolute Gasteiger partial charge is 0.338 e. The Bertz CT molecular complexity index is 1610. The Morgan fingerprint density at radius 2 is 1.05 bits per heavy atom. The van der Waals surface area contributed by atoms with Crippen LogP contribution in [0.3, 0.4) is 0 Å². The van der Waals surface area contributed by atoms with Crippen molar-refractivity contribution in [1.82, 2.24) is 0 Å². The fourth-order valence-corrected chi connectivity index (χ4v) is 4.50. The number of methoxy groups -OCH3 is 1. The Kier molecular flexibility index (Phi) is 8.48. The van der Waals surface area contributed by atoms with Crippen molar-refractivity contribution in [2.75, 3.05) is 7.11 Å². The summed E-state index contributed by atoms with van der Waals surface area (Å²) < 4.78 is 16.6. The average molecular weight is 551 g/mol. The van der Waals surface area contributed by atoms with Crippen LogP contribution in [-0.4, -0.2) is 30.9 Å². The van der Waals surface area contributed by atoms with Crippen LogP contribution in [-0.2, 0) is 10.2 Å². The maximum Gasteiger partial charge on any atom is 0.338 e. The molecule has 4 aromatic rings. The van der Waals surface area contributed by atoms with Gasteiger partial charge < -0.3 is 14.2 Å². The summed E-state index contributed by atoms with van der Waals surface area (Å²) in [5, 5.41) is 0. The molecule has 0 fully saturated rings. The molecular formula is C34H30O7. The zero-order valence-electron chi connectivity index (χ0n) is 23.5. The molecule has 0 atom stereocenters. The molecule has 0 aliphatic rings. The highest BCUT2D eigenvalue weighted by Gasteiger charge is 2.23. The molecule has 4 rings (SSSR count). The fraction of sp³-hybridized carbons (Fsp3) is 0.176. The lowest BCUT2D eigenvalue weighted by molar-refractivity contribution is 0.0598. The van der Waals surface area contributed by atoms with Gasteiger partial charge in [-0.1, -0.05) is 38.1 Å². The molecule has 0 N–H and O–H groups in total. The maximum absolute atomic E-state index is 12.0. The van der Waals surface area contributed by atoms with Crippen molar-refractivity contribution in [2.24, 2.45) is 0 Å². The number of Topliss-reactive ketones (excluding diaryl/α,β-unsaturated/α-hetero) is 2. The second-order valence-electron chi connectivity index (χ2n) is 10.1. The molecule has 0 heterocycles. The monoisotopic (exact) mass is 550 g/mol. The largest absolute Gasteiger partial charge is 0.465 e. The minimum Gasteiger partial charge on any atom is -0.465 e. The SMILES string of the molecule is COC(=O)c1ccc(Oc2ccc(C(C)(C)c3ccc(Oc4ccc(C(C)=O)c(C(C)=O)c4)cc3)cc2)cc1C=O. The minimum absolute atomic E-state index is 0.172. The van der Waals surface area contributed by atoms with E-state index >= 15 is 0 Å². The van der Waals surface area contributed by atoms with Crippen LogP contribution in [0.25, 0.3) is 0 Å². The number of carbonyl (C=O) groups excluding carboxylic acids is 4. The normalized spacial score (nSPS) is 11.0. The van der Waals surface area contributed by atoms with Gasteiger partial charge in [0.1, 0.15) is 23.0 Å². The van der Waals surface area contributed by atoms with Crippen molar-refractivity contribution in [2.45, 2.75) is 33.1 Å². The predicted octanol–water partition coefficient (Wildman–Crippen LogP) is 7.60. The Balaban J connectivity index is 1.48. The Labute approximate surface area is 238 Å². The van der Waals surface area contributed by atoms with Gasteiger partial charge in [0.25, 0.3) is 0 Å². The van der Waals surface area contributed by atoms with Crippen molar-refractivity contribution in [1.29, 1.82) is 0 Å². The molecule has 4 aromatic carbocycles. The number of ether oxygens (including phenoxy) is 3. The first kappa shape index (κ1) is 29.0. The van der Waals surface area contributed by atoms with E-state index in [1.54, 1.807) is 24.3 Å². The number of ketones is 2. The van der Waals surface area contributed by atoms with Crippen LogP contribution in [0.5, 0.6) is 23.0 Å². The maximum atomic E-state index is 12.0. The first-order chi connectivity index (χ1) is 19.5. The topological polar surface area (TPSA) is 96.0 Å². The number of rotatable bonds is 10. The highest BCUT2D eigenvalue weighted by Crippen LogP contribution is 2.35. The minimum atomic E-state index is -0.588. The second-order valence-corrected chi connectivity index (χ2v) is 10.1. The van der Waals surface area contributed by atoms with E-state index in [-0.39, 0.29) is 28.1 Å². The van der Waals surface area contributed by atoms with Gasteiger partial charge in [0, 0.05) is 22.1 Å². The third kappa shape index (κ3) is 6.41. The van der Waals surface area contributed by atoms with E-state index in [4.69, 9.17) is 14.2 Å². The zero-order chi connectivity index (χ0) is 29.7. The summed E-state index contributed by atoms with van der Waals surface area (Å²) in [5.41, 5.74) is 2.85. The van der Waals surface area contributed by atoms with Crippen LogP contribution in [0, 0.1) is 0 Å². The number of carbonyl (C=O) groups is 4. The van der Waals surface area contributed by atoms with Crippen LogP contribution < -0.4 is 9.47 Å². The lowest BCUT2D eigenvalue weighted by Crippen LogP contribution is -2.18. The van der Waals surface area contributed by atoms with Gasteiger partial charge in [-0.15, -0.1) is 0 Å². The number of hydrogen-bond donors (Lipinski definition) is 0. The first-order valence-electron chi connectivity index (χ1n) is 12.9. The molecule has 0 amide bonds. The molecule has 0 saturated heterocycles. The molecule has 0 aromatic heterocycles. The quantitative estimate of drug-likeness (QED) is 0.114. The van der Waals surface area contributed by atoms with E-state index in [0.29, 0.717) is 40.4 Å². The van der Waals surface area contributed by atoms with Gasteiger partial charge in [-0.2, -0.15) is 0 Å². The Morgan fingerprint density at radius 1 is 0.610 bits per heavy atom. The van der Waals surface area contributed by atoms with Gasteiger partial charge in [-0.05, 0) is 85.6 Å². The van der Waals surface area contributed by atoms with Crippen LogP contribution in [0.4, 0.5) is 0 Å². The molecule has 0 aliphatic carbocycles. The highest BCUT2D eigenvalue weighted by atomic mass is 16.5. The number of esters is 1. The van der Waals surface area contributed by atoms with E-state index in [1.165, 1.54) is 33.1 Å². The Hall–Kier alpha value is -5.04. The molecule has 7 heteroatoms. The summed E-state index contributed by atoms with van der Waals surface area (Å²) in [6, 6.07) is 24.8. The molecule has 0 bridgehead atoms. The summed E-state index contributed by atoms with van der Waals surface area (Å²) in [4.78, 5) is 47.1. The summed E-state index contributed by atoms with van der Waals surface area (Å²) in [7, 11) is 1.26. The van der Waals surface area contributed by atoms with Crippen molar-refractivity contribution in [3.63, 3.8) is 0 Å². The van der Waals surface area contributed by atoms with Crippen LogP contribution >= 0.6 is 0 Å². The Morgan fingerprint density at radius 3 is 1.49 bits per heavy atom. The van der Waals surface area contributed by atoms with Gasteiger partial charge in [0.2, 0.25) is 0 Å². The van der Waals surface area contributed by atoms with Crippen molar-refractivity contribution in [3.8, 4) is 23.0 Å². The number of aldehydes is 1. The van der Waals surface area contributed by atoms with Gasteiger partial charge in [0.05, 0.1) is 12.7 Å². The third-order valence-electron chi connectivity index (χ3n) is 6.93. The van der Waals surface area contributed by atoms with E-state index in [1.807, 2.05) is 48.5 Å². The summed E-state index contributed by atoms with van der Waals surface area (Å²) in [5.74, 6) is 1.13. The summed E-state index contributed by atoms with van der Waals surface area (Å²) >= 11 is 0. The van der Waals surface area contributed by atoms with Gasteiger partial charge >= 0.3 is 5.97 Å². The van der Waals surface area contributed by atoms with Crippen LogP contribution in [0.2, 0.25) is 0 Å². The lowest BCUT2D eigenvalue weighted by atomic mass is 9.78. The predicted molar refractivity (Wildman–Crippen MR) is 155 cm³/mol. The standard InChI is InChI=1S/C34H30O7/c1-21(36)30-16-14-29(19-32(30)22(2)37)41-27-12-8-25(9-13-27)34(3,4)24-6-10-26(11-7-24)40-28-15-17-31(33(38)39-5)23(18-28)20-35/h6-20H,1-5H3.